The van der Waals surface area contributed by atoms with E-state index >= 15 is 0 Å². The molecule has 0 saturated heterocycles. The molecule has 0 bridgehead atoms. The zero-order valence-corrected chi connectivity index (χ0v) is 10.1. The maximum absolute atomic E-state index is 4.49. The van der Waals surface area contributed by atoms with Gasteiger partial charge in [-0.2, -0.15) is 0 Å². The third kappa shape index (κ3) is 3.90. The molecule has 0 N–H and O–H groups in total. The third-order valence-electron chi connectivity index (χ3n) is 2.64. The Kier molecular flexibility index (Phi) is 4.62. The monoisotopic (exact) mass is 184 g/mol. The fourth-order valence-corrected chi connectivity index (χ4v) is 1.31. The van der Waals surface area contributed by atoms with Gasteiger partial charge in [0.25, 0.3) is 0 Å². The zero-order valence-electron chi connectivity index (χ0n) is 10.1. The van der Waals surface area contributed by atoms with E-state index in [0.717, 1.165) is 0 Å². The lowest BCUT2D eigenvalue weighted by Crippen LogP contribution is -2.38. The number of nitrogens with zero attached hydrogens (tertiary/aromatic N) is 2. The summed E-state index contributed by atoms with van der Waals surface area (Å²) >= 11 is 0. The number of aliphatic imine (C=N–C) groups is 1. The Morgan fingerprint density at radius 2 is 1.69 bits per heavy atom. The second-order valence-corrected chi connectivity index (χ2v) is 4.94. The van der Waals surface area contributed by atoms with Crippen LogP contribution in [0.4, 0.5) is 0 Å². The summed E-state index contributed by atoms with van der Waals surface area (Å²) in [5, 5.41) is 0. The number of rotatable bonds is 3. The molecule has 13 heavy (non-hydrogen) atoms. The first kappa shape index (κ1) is 12.6. The van der Waals surface area contributed by atoms with Crippen LogP contribution in [-0.4, -0.2) is 31.4 Å². The largest absolute Gasteiger partial charge is 0.288 e. The van der Waals surface area contributed by atoms with E-state index in [1.54, 1.807) is 0 Å². The van der Waals surface area contributed by atoms with Crippen LogP contribution >= 0.6 is 0 Å². The summed E-state index contributed by atoms with van der Waals surface area (Å²) in [7, 11) is 4.17. The van der Waals surface area contributed by atoms with E-state index < -0.39 is 0 Å². The molecule has 2 atom stereocenters. The first-order valence-corrected chi connectivity index (χ1v) is 4.95. The van der Waals surface area contributed by atoms with Crippen LogP contribution < -0.4 is 0 Å². The smallest absolute Gasteiger partial charge is 0.104 e. The Balaban J connectivity index is 4.56. The molecule has 0 amide bonds. The Morgan fingerprint density at radius 3 is 1.92 bits per heavy atom. The molecule has 2 heteroatoms. The Morgan fingerprint density at radius 1 is 1.23 bits per heavy atom. The molecule has 2 nitrogen and oxygen atoms in total. The van der Waals surface area contributed by atoms with Crippen molar-refractivity contribution in [2.45, 2.75) is 40.8 Å². The molecule has 0 aliphatic carbocycles. The van der Waals surface area contributed by atoms with Crippen LogP contribution in [0.3, 0.4) is 0 Å². The van der Waals surface area contributed by atoms with Crippen molar-refractivity contribution < 1.29 is 0 Å². The lowest BCUT2D eigenvalue weighted by molar-refractivity contribution is 0.131. The lowest BCUT2D eigenvalue weighted by Gasteiger charge is -2.35. The van der Waals surface area contributed by atoms with Gasteiger partial charge < -0.3 is 0 Å². The van der Waals surface area contributed by atoms with Gasteiger partial charge in [-0.15, -0.1) is 0 Å². The minimum absolute atomic E-state index is 0.296. The van der Waals surface area contributed by atoms with Gasteiger partial charge in [-0.3, -0.25) is 9.89 Å². The fourth-order valence-electron chi connectivity index (χ4n) is 1.31. The predicted octanol–water partition coefficient (Wildman–Crippen LogP) is 2.65. The highest BCUT2D eigenvalue weighted by Gasteiger charge is 2.28. The van der Waals surface area contributed by atoms with Crippen LogP contribution in [-0.2, 0) is 0 Å². The summed E-state index contributed by atoms with van der Waals surface area (Å²) in [6.45, 7) is 11.0. The second kappa shape index (κ2) is 4.75. The molecule has 0 aromatic heterocycles. The summed E-state index contributed by atoms with van der Waals surface area (Å²) in [4.78, 5) is 6.67. The highest BCUT2D eigenvalue weighted by molar-refractivity contribution is 5.53. The molecule has 0 radical (unpaired) electrons. The third-order valence-corrected chi connectivity index (χ3v) is 2.64. The van der Waals surface area contributed by atoms with Gasteiger partial charge >= 0.3 is 0 Å². The van der Waals surface area contributed by atoms with E-state index in [1.807, 2.05) is 13.1 Å². The van der Waals surface area contributed by atoms with Crippen LogP contribution in [0, 0.1) is 11.3 Å². The standard InChI is InChI=1S/C11H24N2/c1-8-12-10(13(6)7)9(2)11(3,4)5/h8-10H,1-7H3/b12-8-. The van der Waals surface area contributed by atoms with Crippen LogP contribution in [0.1, 0.15) is 34.6 Å². The van der Waals surface area contributed by atoms with Gasteiger partial charge in [0, 0.05) is 0 Å². The van der Waals surface area contributed by atoms with E-state index in [1.165, 1.54) is 0 Å². The molecule has 2 unspecified atom stereocenters. The highest BCUT2D eigenvalue weighted by atomic mass is 15.2. The fraction of sp³-hybridized carbons (Fsp3) is 0.909. The van der Waals surface area contributed by atoms with Crippen molar-refractivity contribution in [3.63, 3.8) is 0 Å². The van der Waals surface area contributed by atoms with Gasteiger partial charge in [0.1, 0.15) is 6.17 Å². The van der Waals surface area contributed by atoms with Crippen molar-refractivity contribution in [1.82, 2.24) is 4.90 Å². The summed E-state index contributed by atoms with van der Waals surface area (Å²) < 4.78 is 0. The summed E-state index contributed by atoms with van der Waals surface area (Å²) in [5.41, 5.74) is 0.307. The van der Waals surface area contributed by atoms with Gasteiger partial charge in [-0.1, -0.05) is 27.7 Å². The molecule has 0 aliphatic heterocycles. The van der Waals surface area contributed by atoms with Crippen LogP contribution in [0.5, 0.6) is 0 Å². The van der Waals surface area contributed by atoms with E-state index in [-0.39, 0.29) is 0 Å². The van der Waals surface area contributed by atoms with Crippen LogP contribution in [0.25, 0.3) is 0 Å². The van der Waals surface area contributed by atoms with Crippen molar-refractivity contribution in [2.24, 2.45) is 16.3 Å². The Bertz CT molecular complexity index is 165. The van der Waals surface area contributed by atoms with Gasteiger partial charge in [-0.25, -0.2) is 0 Å². The molecule has 0 heterocycles. The topological polar surface area (TPSA) is 15.6 Å². The average Bonchev–Trinajstić information content (AvgIpc) is 1.96. The van der Waals surface area contributed by atoms with Gasteiger partial charge in [-0.05, 0) is 38.6 Å². The van der Waals surface area contributed by atoms with Crippen molar-refractivity contribution in [1.29, 1.82) is 0 Å². The molecular weight excluding hydrogens is 160 g/mol. The summed E-state index contributed by atoms with van der Waals surface area (Å²) in [5.74, 6) is 0.554. The van der Waals surface area contributed by atoms with Crippen LogP contribution in [0.15, 0.2) is 4.99 Å². The Hall–Kier alpha value is -0.370. The van der Waals surface area contributed by atoms with E-state index in [9.17, 15) is 0 Å². The van der Waals surface area contributed by atoms with Gasteiger partial charge in [0.2, 0.25) is 0 Å². The number of hydrogen-bond acceptors (Lipinski definition) is 2. The predicted molar refractivity (Wildman–Crippen MR) is 60.3 cm³/mol. The van der Waals surface area contributed by atoms with E-state index in [4.69, 9.17) is 0 Å². The maximum Gasteiger partial charge on any atom is 0.104 e. The summed E-state index contributed by atoms with van der Waals surface area (Å²) in [6, 6.07) is 0. The highest BCUT2D eigenvalue weighted by Crippen LogP contribution is 2.30. The molecular formula is C11H24N2. The Labute approximate surface area is 83.0 Å². The molecule has 0 aromatic carbocycles. The molecule has 0 fully saturated rings. The first-order valence-electron chi connectivity index (χ1n) is 4.95. The van der Waals surface area contributed by atoms with E-state index in [2.05, 4.69) is 51.7 Å². The van der Waals surface area contributed by atoms with Crippen molar-refractivity contribution in [3.05, 3.63) is 0 Å². The molecule has 0 saturated carbocycles. The normalized spacial score (nSPS) is 18.2. The van der Waals surface area contributed by atoms with Crippen LogP contribution in [0.2, 0.25) is 0 Å². The minimum atomic E-state index is 0.296. The molecule has 78 valence electrons. The average molecular weight is 184 g/mol. The SMILES string of the molecule is C/C=N\C(C(C)C(C)(C)C)N(C)C. The second-order valence-electron chi connectivity index (χ2n) is 4.94. The molecule has 0 rings (SSSR count). The van der Waals surface area contributed by atoms with Gasteiger partial charge in [0.05, 0.1) is 0 Å². The maximum atomic E-state index is 4.49. The first-order chi connectivity index (χ1) is 5.80. The van der Waals surface area contributed by atoms with Crippen molar-refractivity contribution in [2.75, 3.05) is 14.1 Å². The van der Waals surface area contributed by atoms with E-state index in [0.29, 0.717) is 17.5 Å². The zero-order chi connectivity index (χ0) is 10.6. The van der Waals surface area contributed by atoms with Crippen molar-refractivity contribution >= 4 is 6.21 Å². The summed E-state index contributed by atoms with van der Waals surface area (Å²) in [6.07, 6.45) is 2.19. The number of hydrogen-bond donors (Lipinski definition) is 0. The lowest BCUT2D eigenvalue weighted by atomic mass is 9.80. The molecule has 0 aliphatic rings. The van der Waals surface area contributed by atoms with Crippen molar-refractivity contribution in [3.8, 4) is 0 Å². The minimum Gasteiger partial charge on any atom is -0.288 e. The van der Waals surface area contributed by atoms with Gasteiger partial charge in [0.15, 0.2) is 0 Å². The molecule has 0 aromatic rings. The quantitative estimate of drug-likeness (QED) is 0.616. The molecule has 0 spiro atoms.